The van der Waals surface area contributed by atoms with Crippen LogP contribution in [0.2, 0.25) is 0 Å². The van der Waals surface area contributed by atoms with Gasteiger partial charge in [0.1, 0.15) is 12.2 Å². The van der Waals surface area contributed by atoms with E-state index in [-0.39, 0.29) is 5.91 Å². The molecule has 0 saturated heterocycles. The molecule has 26 heavy (non-hydrogen) atoms. The highest BCUT2D eigenvalue weighted by Gasteiger charge is 2.40. The van der Waals surface area contributed by atoms with Crippen molar-refractivity contribution in [3.8, 4) is 5.88 Å². The van der Waals surface area contributed by atoms with Crippen molar-refractivity contribution < 1.29 is 19.0 Å². The largest absolute Gasteiger partial charge is 0.475 e. The van der Waals surface area contributed by atoms with Gasteiger partial charge in [-0.25, -0.2) is 4.98 Å². The topological polar surface area (TPSA) is 69.7 Å². The van der Waals surface area contributed by atoms with Crippen LogP contribution in [0.5, 0.6) is 5.88 Å². The molecule has 146 valence electrons. The Bertz CT molecular complexity index is 571. The zero-order valence-electron chi connectivity index (χ0n) is 16.3. The van der Waals surface area contributed by atoms with Crippen molar-refractivity contribution in [3.05, 3.63) is 17.8 Å². The van der Waals surface area contributed by atoms with Crippen molar-refractivity contribution in [2.75, 3.05) is 31.7 Å². The van der Waals surface area contributed by atoms with Crippen molar-refractivity contribution in [1.82, 2.24) is 4.98 Å². The van der Waals surface area contributed by atoms with Crippen LogP contribution in [0.3, 0.4) is 0 Å². The molecule has 0 aromatic carbocycles. The maximum atomic E-state index is 13.0. The van der Waals surface area contributed by atoms with E-state index in [0.717, 1.165) is 37.8 Å². The van der Waals surface area contributed by atoms with Crippen LogP contribution >= 0.6 is 0 Å². The first-order valence-electron chi connectivity index (χ1n) is 9.75. The summed E-state index contributed by atoms with van der Waals surface area (Å²) in [5, 5.41) is 3.03. The average Bonchev–Trinajstić information content (AvgIpc) is 2.66. The van der Waals surface area contributed by atoms with Crippen LogP contribution in [0.4, 0.5) is 5.69 Å². The fraction of sp³-hybridized carbons (Fsp3) is 0.700. The van der Waals surface area contributed by atoms with Crippen LogP contribution in [-0.2, 0) is 14.3 Å². The Labute approximate surface area is 156 Å². The normalized spacial score (nSPS) is 16.3. The van der Waals surface area contributed by atoms with Crippen molar-refractivity contribution in [1.29, 1.82) is 0 Å². The Kier molecular flexibility index (Phi) is 8.32. The Morgan fingerprint density at radius 3 is 2.58 bits per heavy atom. The first-order chi connectivity index (χ1) is 12.6. The second kappa shape index (κ2) is 10.5. The van der Waals surface area contributed by atoms with Crippen molar-refractivity contribution in [2.45, 2.75) is 64.9 Å². The van der Waals surface area contributed by atoms with E-state index in [9.17, 15) is 4.79 Å². The fourth-order valence-electron chi connectivity index (χ4n) is 3.19. The van der Waals surface area contributed by atoms with Crippen molar-refractivity contribution in [2.24, 2.45) is 0 Å². The first-order valence-corrected chi connectivity index (χ1v) is 9.75. The molecule has 1 fully saturated rings. The molecule has 1 aliphatic rings. The Morgan fingerprint density at radius 2 is 1.92 bits per heavy atom. The quantitative estimate of drug-likeness (QED) is 0.638. The maximum Gasteiger partial charge on any atom is 0.256 e. The smallest absolute Gasteiger partial charge is 0.256 e. The second-order valence-corrected chi connectivity index (χ2v) is 6.69. The lowest BCUT2D eigenvalue weighted by atomic mass is 9.83. The van der Waals surface area contributed by atoms with E-state index in [0.29, 0.717) is 38.0 Å². The highest BCUT2D eigenvalue weighted by atomic mass is 16.5. The summed E-state index contributed by atoms with van der Waals surface area (Å²) in [4.78, 5) is 17.4. The third kappa shape index (κ3) is 5.68. The van der Waals surface area contributed by atoms with Crippen LogP contribution in [0.15, 0.2) is 12.1 Å². The van der Waals surface area contributed by atoms with Crippen molar-refractivity contribution >= 4 is 11.6 Å². The maximum absolute atomic E-state index is 13.0. The number of rotatable bonds is 10. The molecule has 0 spiro atoms. The molecule has 1 heterocycles. The van der Waals surface area contributed by atoms with Gasteiger partial charge in [0, 0.05) is 19.3 Å². The minimum absolute atomic E-state index is 0.0550. The van der Waals surface area contributed by atoms with Gasteiger partial charge in [0.2, 0.25) is 5.88 Å². The number of carbonyl (C=O) groups is 1. The summed E-state index contributed by atoms with van der Waals surface area (Å²) < 4.78 is 16.8. The standard InChI is InChI=1S/C20H32N2O4/c1-4-13-26-20(11-7-6-8-12-20)19(23)22-17-9-10-18(21-16(17)3)25-15-14-24-5-2/h9-10H,4-8,11-15H2,1-3H3,(H,22,23). The average molecular weight is 364 g/mol. The molecule has 6 nitrogen and oxygen atoms in total. The molecule has 0 radical (unpaired) electrons. The molecule has 1 aromatic rings. The summed E-state index contributed by atoms with van der Waals surface area (Å²) in [6.07, 6.45) is 5.69. The molecule has 1 aromatic heterocycles. The predicted molar refractivity (Wildman–Crippen MR) is 102 cm³/mol. The molecule has 1 N–H and O–H groups in total. The zero-order chi connectivity index (χ0) is 18.8. The van der Waals surface area contributed by atoms with E-state index in [1.807, 2.05) is 19.9 Å². The number of aromatic nitrogens is 1. The van der Waals surface area contributed by atoms with E-state index < -0.39 is 5.60 Å². The van der Waals surface area contributed by atoms with Gasteiger partial charge in [-0.2, -0.15) is 0 Å². The molecule has 1 saturated carbocycles. The van der Waals surface area contributed by atoms with Crippen LogP contribution in [0, 0.1) is 6.92 Å². The molecule has 1 aliphatic carbocycles. The number of nitrogens with one attached hydrogen (secondary N) is 1. The number of aryl methyl sites for hydroxylation is 1. The molecule has 0 atom stereocenters. The lowest BCUT2D eigenvalue weighted by Gasteiger charge is -2.35. The monoisotopic (exact) mass is 364 g/mol. The number of amides is 1. The van der Waals surface area contributed by atoms with Gasteiger partial charge >= 0.3 is 0 Å². The van der Waals surface area contributed by atoms with Crippen molar-refractivity contribution in [3.63, 3.8) is 0 Å². The first kappa shape index (κ1) is 20.6. The Balaban J connectivity index is 2.00. The third-order valence-corrected chi connectivity index (χ3v) is 4.65. The minimum Gasteiger partial charge on any atom is -0.475 e. The molecule has 0 unspecified atom stereocenters. The summed E-state index contributed by atoms with van der Waals surface area (Å²) in [6.45, 7) is 8.15. The minimum atomic E-state index is -0.701. The number of nitrogens with zero attached hydrogens (tertiary/aromatic N) is 1. The van der Waals surface area contributed by atoms with Gasteiger partial charge in [-0.05, 0) is 39.2 Å². The number of pyridine rings is 1. The molecule has 6 heteroatoms. The number of hydrogen-bond donors (Lipinski definition) is 1. The lowest BCUT2D eigenvalue weighted by molar-refractivity contribution is -0.146. The van der Waals surface area contributed by atoms with Crippen LogP contribution < -0.4 is 10.1 Å². The molecule has 1 amide bonds. The highest BCUT2D eigenvalue weighted by Crippen LogP contribution is 2.33. The zero-order valence-corrected chi connectivity index (χ0v) is 16.3. The third-order valence-electron chi connectivity index (χ3n) is 4.65. The van der Waals surface area contributed by atoms with Gasteiger partial charge in [-0.1, -0.05) is 26.2 Å². The molecule has 0 bridgehead atoms. The molecular formula is C20H32N2O4. The molecule has 0 aliphatic heterocycles. The molecule has 2 rings (SSSR count). The van der Waals surface area contributed by atoms with E-state index in [1.54, 1.807) is 6.07 Å². The summed E-state index contributed by atoms with van der Waals surface area (Å²) in [5.74, 6) is 0.482. The van der Waals surface area contributed by atoms with E-state index in [1.165, 1.54) is 6.42 Å². The Hall–Kier alpha value is -1.66. The van der Waals surface area contributed by atoms with Crippen LogP contribution in [0.1, 0.15) is 58.1 Å². The number of carbonyl (C=O) groups excluding carboxylic acids is 1. The van der Waals surface area contributed by atoms with Gasteiger partial charge in [0.25, 0.3) is 5.91 Å². The van der Waals surface area contributed by atoms with Gasteiger partial charge in [-0.3, -0.25) is 4.79 Å². The van der Waals surface area contributed by atoms with Gasteiger partial charge in [-0.15, -0.1) is 0 Å². The number of ether oxygens (including phenoxy) is 3. The second-order valence-electron chi connectivity index (χ2n) is 6.69. The number of hydrogen-bond acceptors (Lipinski definition) is 5. The highest BCUT2D eigenvalue weighted by molar-refractivity contribution is 5.97. The summed E-state index contributed by atoms with van der Waals surface area (Å²) >= 11 is 0. The summed E-state index contributed by atoms with van der Waals surface area (Å²) in [7, 11) is 0. The summed E-state index contributed by atoms with van der Waals surface area (Å²) in [6, 6.07) is 3.61. The molecular weight excluding hydrogens is 332 g/mol. The van der Waals surface area contributed by atoms with E-state index >= 15 is 0 Å². The predicted octanol–water partition coefficient (Wildman–Crippen LogP) is 3.87. The van der Waals surface area contributed by atoms with E-state index in [4.69, 9.17) is 14.2 Å². The summed E-state index contributed by atoms with van der Waals surface area (Å²) in [5.41, 5.74) is 0.735. The SMILES string of the molecule is CCCOC1(C(=O)Nc2ccc(OCCOCC)nc2C)CCCCC1. The van der Waals surface area contributed by atoms with E-state index in [2.05, 4.69) is 17.2 Å². The van der Waals surface area contributed by atoms with Gasteiger partial charge in [0.05, 0.1) is 18.0 Å². The number of anilines is 1. The van der Waals surface area contributed by atoms with Crippen LogP contribution in [-0.4, -0.2) is 42.9 Å². The van der Waals surface area contributed by atoms with Gasteiger partial charge < -0.3 is 19.5 Å². The lowest BCUT2D eigenvalue weighted by Crippen LogP contribution is -2.47. The Morgan fingerprint density at radius 1 is 1.15 bits per heavy atom. The van der Waals surface area contributed by atoms with Gasteiger partial charge in [0.15, 0.2) is 0 Å². The fourth-order valence-corrected chi connectivity index (χ4v) is 3.19. The van der Waals surface area contributed by atoms with Crippen LogP contribution in [0.25, 0.3) is 0 Å².